The average Bonchev–Trinajstić information content (AvgIpc) is 1.00. The molecule has 0 amide bonds. The van der Waals surface area contributed by atoms with Gasteiger partial charge in [0, 0.05) is 72.8 Å². The van der Waals surface area contributed by atoms with E-state index in [0.29, 0.717) is 19.8 Å². The third-order valence-electron chi connectivity index (χ3n) is 0. The maximum absolute atomic E-state index is 8.33. The average molecular weight is 613 g/mol. The van der Waals surface area contributed by atoms with E-state index in [2.05, 4.69) is 0 Å². The van der Waals surface area contributed by atoms with Crippen molar-refractivity contribution in [2.45, 2.75) is 0 Å². The Bertz CT molecular complexity index is 7.61. The summed E-state index contributed by atoms with van der Waals surface area (Å²) in [5, 5.41) is 0. The van der Waals surface area contributed by atoms with Crippen molar-refractivity contribution in [1.82, 2.24) is 0 Å². The topological polar surface area (TPSA) is 17.1 Å². The van der Waals surface area contributed by atoms with Gasteiger partial charge >= 0.3 is 23.2 Å². The molecular weight excluding hydrogens is 613 g/mol. The summed E-state index contributed by atoms with van der Waals surface area (Å²) >= 11 is 0.333. The molecule has 5 heteroatoms. The van der Waals surface area contributed by atoms with Crippen LogP contribution in [0.4, 0.5) is 0 Å². The fourth-order valence-electron chi connectivity index (χ4n) is 0. The molecule has 0 N–H and O–H groups in total. The Kier molecular flexibility index (Phi) is 141. The zero-order chi connectivity index (χ0) is 2.00. The Morgan fingerprint density at radius 1 is 1.00 bits per heavy atom. The molecule has 0 aromatic rings. The zero-order valence-corrected chi connectivity index (χ0v) is 14.8. The minimum atomic E-state index is 0. The van der Waals surface area contributed by atoms with Gasteiger partial charge in [-0.25, -0.2) is 0 Å². The zero-order valence-electron chi connectivity index (χ0n) is 2.38. The van der Waals surface area contributed by atoms with Gasteiger partial charge in [0.2, 0.25) is 0 Å². The van der Waals surface area contributed by atoms with Crippen LogP contribution in [0.5, 0.6) is 0 Å². The van der Waals surface area contributed by atoms with Crippen molar-refractivity contribution in [3.05, 3.63) is 0 Å². The van der Waals surface area contributed by atoms with E-state index in [4.69, 9.17) is 3.40 Å². The first-order valence-electron chi connectivity index (χ1n) is 0.167. The van der Waals surface area contributed by atoms with E-state index in [-0.39, 0.29) is 72.8 Å². The van der Waals surface area contributed by atoms with Crippen LogP contribution in [-0.4, -0.2) is 51.7 Å². The maximum Gasteiger partial charge on any atom is 0 e. The van der Waals surface area contributed by atoms with Crippen molar-refractivity contribution < 1.29 is 44.2 Å². The summed E-state index contributed by atoms with van der Waals surface area (Å²) in [7, 11) is 0. The van der Waals surface area contributed by atoms with Crippen LogP contribution < -0.4 is 0 Å². The van der Waals surface area contributed by atoms with E-state index < -0.39 is 0 Å². The minimum absolute atomic E-state index is 0. The maximum atomic E-state index is 8.33. The second-order valence-corrected chi connectivity index (χ2v) is 0. The van der Waals surface area contributed by atoms with E-state index in [0.717, 1.165) is 0 Å². The first-order valence-corrected chi connectivity index (χ1v) is 1.36. The molecule has 0 rings (SSSR count). The van der Waals surface area contributed by atoms with Gasteiger partial charge < -0.3 is 0 Å². The molecule has 0 fully saturated rings. The van der Waals surface area contributed by atoms with E-state index in [1.165, 1.54) is 0 Å². The van der Waals surface area contributed by atoms with E-state index in [1.54, 1.807) is 0 Å². The molecule has 0 heterocycles. The first kappa shape index (κ1) is 24.7. The van der Waals surface area contributed by atoms with Gasteiger partial charge in [-0.2, -0.15) is 0 Å². The number of rotatable bonds is 0. The summed E-state index contributed by atoms with van der Waals surface area (Å²) < 4.78 is 8.33. The molecule has 1 nitrogen and oxygen atoms in total. The summed E-state index contributed by atoms with van der Waals surface area (Å²) in [5.41, 5.74) is 0. The molecule has 0 spiro atoms. The van der Waals surface area contributed by atoms with Gasteiger partial charge in [0.1, 0.15) is 0 Å². The van der Waals surface area contributed by atoms with E-state index >= 15 is 0 Å². The molecule has 5 heavy (non-hydrogen) atoms. The van der Waals surface area contributed by atoms with E-state index in [9.17, 15) is 0 Å². The molecule has 0 aromatic carbocycles. The molecule has 24 valence electrons. The monoisotopic (exact) mass is 614 g/mol. The predicted octanol–water partition coefficient (Wildman–Crippen LogP) is -0.885. The normalized spacial score (nSPS) is 0.800. The van der Waals surface area contributed by atoms with Crippen molar-refractivity contribution >= 4 is 51.7 Å². The van der Waals surface area contributed by atoms with Gasteiger partial charge in [-0.1, -0.05) is 0 Å². The first-order chi connectivity index (χ1) is 1.00. The Hall–Kier alpha value is 2.92. The third kappa shape index (κ3) is 19.7. The van der Waals surface area contributed by atoms with E-state index in [1.807, 2.05) is 0 Å². The molecule has 0 aromatic heterocycles. The summed E-state index contributed by atoms with van der Waals surface area (Å²) in [6, 6.07) is 0. The molecule has 0 bridgehead atoms. The molecule has 0 saturated carbocycles. The van der Waals surface area contributed by atoms with Crippen molar-refractivity contribution in [3.8, 4) is 0 Å². The molecule has 6 radical (unpaired) electrons. The molecule has 0 aliphatic heterocycles. The minimum Gasteiger partial charge on any atom is 0 e. The van der Waals surface area contributed by atoms with Crippen molar-refractivity contribution in [2.24, 2.45) is 0 Å². The summed E-state index contributed by atoms with van der Waals surface area (Å²) in [6.07, 6.45) is 0. The van der Waals surface area contributed by atoms with Crippen LogP contribution in [0.2, 0.25) is 0 Å². The van der Waals surface area contributed by atoms with Crippen LogP contribution >= 0.6 is 0 Å². The predicted molar refractivity (Wildman–Crippen MR) is 12.2 cm³/mol. The van der Waals surface area contributed by atoms with Gasteiger partial charge in [0.15, 0.2) is 0 Å². The van der Waals surface area contributed by atoms with Crippen LogP contribution in [-0.2, 0) is 44.2 Å². The molecular formula is In2OW2. The second kappa shape index (κ2) is 28.5. The van der Waals surface area contributed by atoms with Gasteiger partial charge in [0.05, 0.1) is 0 Å². The Morgan fingerprint density at radius 2 is 1.00 bits per heavy atom. The number of hydrogen-bond donors (Lipinski definition) is 0. The number of hydrogen-bond acceptors (Lipinski definition) is 1. The van der Waals surface area contributed by atoms with Crippen molar-refractivity contribution in [3.63, 3.8) is 0 Å². The Morgan fingerprint density at radius 3 is 1.00 bits per heavy atom. The summed E-state index contributed by atoms with van der Waals surface area (Å²) in [4.78, 5) is 0. The van der Waals surface area contributed by atoms with Gasteiger partial charge in [-0.05, 0) is 0 Å². The largest absolute Gasteiger partial charge is 0 e. The molecule has 0 unspecified atom stereocenters. The van der Waals surface area contributed by atoms with Crippen LogP contribution in [0, 0.1) is 0 Å². The fourth-order valence-corrected chi connectivity index (χ4v) is 0. The van der Waals surface area contributed by atoms with Gasteiger partial charge in [-0.3, -0.25) is 0 Å². The van der Waals surface area contributed by atoms with Gasteiger partial charge in [-0.15, -0.1) is 0 Å². The van der Waals surface area contributed by atoms with Gasteiger partial charge in [0.25, 0.3) is 0 Å². The molecule has 0 aliphatic carbocycles. The van der Waals surface area contributed by atoms with Crippen LogP contribution in [0.25, 0.3) is 0 Å². The second-order valence-electron chi connectivity index (χ2n) is 0. The van der Waals surface area contributed by atoms with Crippen molar-refractivity contribution in [1.29, 1.82) is 0 Å². The molecule has 0 saturated heterocycles. The van der Waals surface area contributed by atoms with Crippen LogP contribution in [0.15, 0.2) is 0 Å². The van der Waals surface area contributed by atoms with Crippen LogP contribution in [0.3, 0.4) is 0 Å². The third-order valence-corrected chi connectivity index (χ3v) is 0. The quantitative estimate of drug-likeness (QED) is 0.347. The molecule has 0 atom stereocenters. The SMILES string of the molecule is [In].[In].[O]=[W].[W]. The summed E-state index contributed by atoms with van der Waals surface area (Å²) in [5.74, 6) is 0. The Labute approximate surface area is 94.1 Å². The summed E-state index contributed by atoms with van der Waals surface area (Å²) in [6.45, 7) is 0. The standard InChI is InChI=1S/2In.O.2W. The van der Waals surface area contributed by atoms with Crippen molar-refractivity contribution in [2.75, 3.05) is 0 Å². The van der Waals surface area contributed by atoms with Crippen LogP contribution in [0.1, 0.15) is 0 Å². The molecule has 0 aliphatic rings. The Balaban J connectivity index is -0.00000000167. The fraction of sp³-hybridized carbons (Fsp3) is 0. The smallest absolute Gasteiger partial charge is 0 e.